The third kappa shape index (κ3) is 3.74. The van der Waals surface area contributed by atoms with E-state index in [1.807, 2.05) is 36.2 Å². The van der Waals surface area contributed by atoms with Crippen molar-refractivity contribution in [2.24, 2.45) is 11.7 Å². The lowest BCUT2D eigenvalue weighted by atomic mass is 9.83. The number of carbonyl (C=O) groups excluding carboxylic acids is 1. The lowest BCUT2D eigenvalue weighted by molar-refractivity contribution is -0.132. The zero-order valence-electron chi connectivity index (χ0n) is 12.0. The summed E-state index contributed by atoms with van der Waals surface area (Å²) in [5.74, 6) is 0.592. The third-order valence-electron chi connectivity index (χ3n) is 4.31. The van der Waals surface area contributed by atoms with E-state index in [0.717, 1.165) is 18.4 Å². The third-order valence-corrected chi connectivity index (χ3v) is 4.54. The normalized spacial score (nSPS) is 22.6. The van der Waals surface area contributed by atoms with Crippen molar-refractivity contribution in [2.45, 2.75) is 38.1 Å². The molecule has 0 spiro atoms. The van der Waals surface area contributed by atoms with Crippen molar-refractivity contribution in [3.8, 4) is 0 Å². The summed E-state index contributed by atoms with van der Waals surface area (Å²) < 4.78 is 0. The van der Waals surface area contributed by atoms with E-state index in [9.17, 15) is 4.79 Å². The highest BCUT2D eigenvalue weighted by molar-refractivity contribution is 6.30. The molecule has 1 saturated carbocycles. The van der Waals surface area contributed by atoms with E-state index in [2.05, 4.69) is 0 Å². The topological polar surface area (TPSA) is 46.3 Å². The molecular formula is C16H23ClN2O. The molecule has 0 radical (unpaired) electrons. The van der Waals surface area contributed by atoms with Crippen LogP contribution in [0.5, 0.6) is 0 Å². The molecule has 1 aromatic carbocycles. The van der Waals surface area contributed by atoms with Crippen LogP contribution in [-0.4, -0.2) is 30.4 Å². The lowest BCUT2D eigenvalue weighted by Crippen LogP contribution is -2.46. The molecule has 0 bridgehead atoms. The molecule has 0 saturated heterocycles. The maximum absolute atomic E-state index is 12.4. The van der Waals surface area contributed by atoms with Crippen molar-refractivity contribution in [2.75, 3.05) is 13.6 Å². The molecule has 1 amide bonds. The van der Waals surface area contributed by atoms with E-state index in [1.165, 1.54) is 12.8 Å². The van der Waals surface area contributed by atoms with Crippen molar-refractivity contribution in [1.29, 1.82) is 0 Å². The van der Waals surface area contributed by atoms with Gasteiger partial charge in [-0.05, 0) is 43.0 Å². The van der Waals surface area contributed by atoms with Gasteiger partial charge in [-0.2, -0.15) is 0 Å². The van der Waals surface area contributed by atoms with E-state index >= 15 is 0 Å². The average molecular weight is 295 g/mol. The van der Waals surface area contributed by atoms with Crippen LogP contribution in [0.25, 0.3) is 0 Å². The van der Waals surface area contributed by atoms with Crippen molar-refractivity contribution in [3.05, 3.63) is 34.9 Å². The van der Waals surface area contributed by atoms with Gasteiger partial charge in [0.05, 0.1) is 6.42 Å². The molecule has 0 aliphatic heterocycles. The maximum Gasteiger partial charge on any atom is 0.226 e. The quantitative estimate of drug-likeness (QED) is 0.928. The molecule has 2 unspecified atom stereocenters. The van der Waals surface area contributed by atoms with Crippen molar-refractivity contribution >= 4 is 17.5 Å². The van der Waals surface area contributed by atoms with Gasteiger partial charge in [-0.25, -0.2) is 0 Å². The summed E-state index contributed by atoms with van der Waals surface area (Å²) in [4.78, 5) is 14.3. The number of halogens is 1. The Labute approximate surface area is 126 Å². The molecule has 2 rings (SSSR count). The van der Waals surface area contributed by atoms with Gasteiger partial charge in [-0.1, -0.05) is 36.6 Å². The van der Waals surface area contributed by atoms with Gasteiger partial charge in [0.25, 0.3) is 0 Å². The van der Waals surface area contributed by atoms with Crippen LogP contribution < -0.4 is 5.73 Å². The Kier molecular flexibility index (Phi) is 5.44. The van der Waals surface area contributed by atoms with E-state index in [-0.39, 0.29) is 5.91 Å². The fraction of sp³-hybridized carbons (Fsp3) is 0.562. The molecule has 0 aromatic heterocycles. The molecule has 3 nitrogen and oxygen atoms in total. The molecule has 2 atom stereocenters. The molecule has 4 heteroatoms. The van der Waals surface area contributed by atoms with Crippen LogP contribution in [0, 0.1) is 5.92 Å². The van der Waals surface area contributed by atoms with E-state index in [0.29, 0.717) is 29.9 Å². The SMILES string of the molecule is CN(C(=O)Cc1cccc(Cl)c1)C1CCCCC1CN. The van der Waals surface area contributed by atoms with Gasteiger partial charge in [-0.3, -0.25) is 4.79 Å². The molecule has 1 aliphatic carbocycles. The molecule has 1 aromatic rings. The van der Waals surface area contributed by atoms with Crippen LogP contribution in [0.4, 0.5) is 0 Å². The molecule has 2 N–H and O–H groups in total. The van der Waals surface area contributed by atoms with E-state index in [4.69, 9.17) is 17.3 Å². The van der Waals surface area contributed by atoms with Gasteiger partial charge in [-0.15, -0.1) is 0 Å². The Balaban J connectivity index is 2.00. The minimum Gasteiger partial charge on any atom is -0.342 e. The largest absolute Gasteiger partial charge is 0.342 e. The first kappa shape index (κ1) is 15.3. The van der Waals surface area contributed by atoms with Crippen molar-refractivity contribution in [3.63, 3.8) is 0 Å². The number of hydrogen-bond donors (Lipinski definition) is 1. The number of amides is 1. The summed E-state index contributed by atoms with van der Waals surface area (Å²) in [6.07, 6.45) is 5.03. The maximum atomic E-state index is 12.4. The number of nitrogens with two attached hydrogens (primary N) is 1. The Morgan fingerprint density at radius 3 is 2.85 bits per heavy atom. The van der Waals surface area contributed by atoms with Gasteiger partial charge in [0.1, 0.15) is 0 Å². The molecule has 20 heavy (non-hydrogen) atoms. The molecule has 0 heterocycles. The predicted octanol–water partition coefficient (Wildman–Crippen LogP) is 2.86. The van der Waals surface area contributed by atoms with E-state index in [1.54, 1.807) is 0 Å². The zero-order valence-corrected chi connectivity index (χ0v) is 12.8. The highest BCUT2D eigenvalue weighted by Gasteiger charge is 2.29. The predicted molar refractivity (Wildman–Crippen MR) is 82.7 cm³/mol. The molecule has 1 aliphatic rings. The Bertz CT molecular complexity index is 464. The first-order chi connectivity index (χ1) is 9.61. The van der Waals surface area contributed by atoms with Crippen LogP contribution in [-0.2, 0) is 11.2 Å². The molecule has 110 valence electrons. The van der Waals surface area contributed by atoms with Crippen LogP contribution in [0.15, 0.2) is 24.3 Å². The van der Waals surface area contributed by atoms with Crippen molar-refractivity contribution in [1.82, 2.24) is 4.90 Å². The summed E-state index contributed by atoms with van der Waals surface area (Å²) >= 11 is 5.96. The van der Waals surface area contributed by atoms with Crippen LogP contribution >= 0.6 is 11.6 Å². The summed E-state index contributed by atoms with van der Waals surface area (Å²) in [7, 11) is 1.91. The fourth-order valence-corrected chi connectivity index (χ4v) is 3.32. The number of rotatable bonds is 4. The summed E-state index contributed by atoms with van der Waals surface area (Å²) in [5, 5.41) is 0.676. The van der Waals surface area contributed by atoms with Gasteiger partial charge >= 0.3 is 0 Å². The minimum atomic E-state index is 0.151. The summed E-state index contributed by atoms with van der Waals surface area (Å²) in [5.41, 5.74) is 6.82. The van der Waals surface area contributed by atoms with Gasteiger partial charge in [0.15, 0.2) is 0 Å². The molecular weight excluding hydrogens is 272 g/mol. The first-order valence-corrected chi connectivity index (χ1v) is 7.69. The number of hydrogen-bond acceptors (Lipinski definition) is 2. The second kappa shape index (κ2) is 7.09. The number of benzene rings is 1. The summed E-state index contributed by atoms with van der Waals surface area (Å²) in [6.45, 7) is 0.666. The van der Waals surface area contributed by atoms with Crippen LogP contribution in [0.1, 0.15) is 31.2 Å². The number of carbonyl (C=O) groups is 1. The monoisotopic (exact) mass is 294 g/mol. The fourth-order valence-electron chi connectivity index (χ4n) is 3.10. The van der Waals surface area contributed by atoms with Crippen LogP contribution in [0.2, 0.25) is 5.02 Å². The Morgan fingerprint density at radius 2 is 2.15 bits per heavy atom. The zero-order chi connectivity index (χ0) is 14.5. The standard InChI is InChI=1S/C16H23ClN2O/c1-19(15-8-3-2-6-13(15)11-18)16(20)10-12-5-4-7-14(17)9-12/h4-5,7,9,13,15H,2-3,6,8,10-11,18H2,1H3. The van der Waals surface area contributed by atoms with Gasteiger partial charge < -0.3 is 10.6 Å². The lowest BCUT2D eigenvalue weighted by Gasteiger charge is -2.37. The number of likely N-dealkylation sites (N-methyl/N-ethyl adjacent to an activating group) is 1. The number of nitrogens with zero attached hydrogens (tertiary/aromatic N) is 1. The van der Waals surface area contributed by atoms with Crippen molar-refractivity contribution < 1.29 is 4.79 Å². The Morgan fingerprint density at radius 1 is 1.40 bits per heavy atom. The average Bonchev–Trinajstić information content (AvgIpc) is 2.46. The minimum absolute atomic E-state index is 0.151. The smallest absolute Gasteiger partial charge is 0.226 e. The first-order valence-electron chi connectivity index (χ1n) is 7.32. The highest BCUT2D eigenvalue weighted by atomic mass is 35.5. The summed E-state index contributed by atoms with van der Waals surface area (Å²) in [6, 6.07) is 7.80. The second-order valence-electron chi connectivity index (χ2n) is 5.66. The van der Waals surface area contributed by atoms with Crippen LogP contribution in [0.3, 0.4) is 0 Å². The van der Waals surface area contributed by atoms with Gasteiger partial charge in [0.2, 0.25) is 5.91 Å². The van der Waals surface area contributed by atoms with Gasteiger partial charge in [0, 0.05) is 18.1 Å². The second-order valence-corrected chi connectivity index (χ2v) is 6.10. The molecule has 1 fully saturated rings. The highest BCUT2D eigenvalue weighted by Crippen LogP contribution is 2.27. The Hall–Kier alpha value is -1.06. The van der Waals surface area contributed by atoms with E-state index < -0.39 is 0 Å².